The molecule has 0 saturated heterocycles. The van der Waals surface area contributed by atoms with Gasteiger partial charge in [-0.1, -0.05) is 244 Å². The van der Waals surface area contributed by atoms with Crippen LogP contribution in [-0.4, -0.2) is 6.71 Å². The third kappa shape index (κ3) is 31.5. The van der Waals surface area contributed by atoms with E-state index in [-0.39, 0.29) is 0 Å². The lowest BCUT2D eigenvalue weighted by Gasteiger charge is -2.30. The molecule has 290 valence electrons. The summed E-state index contributed by atoms with van der Waals surface area (Å²) in [6, 6.07) is 8.41. The van der Waals surface area contributed by atoms with Crippen molar-refractivity contribution in [2.24, 2.45) is 5.92 Å². The summed E-state index contributed by atoms with van der Waals surface area (Å²) in [5.74, 6) is 3.04. The maximum atomic E-state index is 5.79. The van der Waals surface area contributed by atoms with Crippen LogP contribution in [0.2, 0.25) is 5.82 Å². The van der Waals surface area contributed by atoms with Gasteiger partial charge in [-0.3, -0.25) is 0 Å². The largest absolute Gasteiger partial charge is 0.458 e. The number of allylic oxidation sites excluding steroid dienone is 6. The zero-order chi connectivity index (χ0) is 40.4. The molecule has 0 bridgehead atoms. The third-order valence-corrected chi connectivity index (χ3v) is 6.92. The molecule has 1 nitrogen and oxygen atoms in total. The first-order valence-electron chi connectivity index (χ1n) is 20.8. The van der Waals surface area contributed by atoms with E-state index < -0.39 is 0 Å². The molecule has 0 amide bonds. The van der Waals surface area contributed by atoms with Gasteiger partial charge in [0.1, 0.15) is 11.5 Å². The Kier molecular flexibility index (Phi) is 63.4. The van der Waals surface area contributed by atoms with Gasteiger partial charge in [0.2, 0.25) is 6.71 Å². The molecular weight excluding hydrogens is 591 g/mol. The average Bonchev–Trinajstić information content (AvgIpc) is 3.68. The molecule has 0 N–H and O–H groups in total. The molecule has 2 rings (SSSR count). The number of rotatable bonds is 11. The maximum Gasteiger partial charge on any atom is 0.202 e. The smallest absolute Gasteiger partial charge is 0.202 e. The highest BCUT2D eigenvalue weighted by atomic mass is 16.5. The van der Waals surface area contributed by atoms with Gasteiger partial charge < -0.3 is 4.74 Å². The van der Waals surface area contributed by atoms with Gasteiger partial charge in [0.15, 0.2) is 0 Å². The van der Waals surface area contributed by atoms with Crippen LogP contribution in [0.25, 0.3) is 0 Å². The summed E-state index contributed by atoms with van der Waals surface area (Å²) in [7, 11) is 0. The minimum absolute atomic E-state index is 0.309. The fraction of sp³-hybridized carbons (Fsp3) is 0.660. The predicted molar refractivity (Wildman–Crippen MR) is 239 cm³/mol. The molecule has 0 aromatic heterocycles. The fourth-order valence-corrected chi connectivity index (χ4v) is 5.24. The SMILES string of the molecule is C=C/C=C\C(=C)Oc1ccc(C(C)C(=C)B(/C(C)=C(\CC)C(C)C)C2CCCC2)cc1.CC.CC.CC.CC.CC.CC.CCC.CCC. The lowest BCUT2D eigenvalue weighted by Crippen LogP contribution is -2.28. The van der Waals surface area contributed by atoms with Crippen molar-refractivity contribution in [3.63, 3.8) is 0 Å². The number of hydrogen-bond acceptors (Lipinski definition) is 1. The van der Waals surface area contributed by atoms with Crippen LogP contribution in [0.15, 0.2) is 84.5 Å². The van der Waals surface area contributed by atoms with Gasteiger partial charge in [-0.15, -0.1) is 6.58 Å². The summed E-state index contributed by atoms with van der Waals surface area (Å²) in [5.41, 5.74) is 5.84. The minimum atomic E-state index is 0.309. The molecule has 1 saturated carbocycles. The Morgan fingerprint density at radius 2 is 1.14 bits per heavy atom. The highest BCUT2D eigenvalue weighted by Gasteiger charge is 2.35. The Bertz CT molecular complexity index is 849. The first kappa shape index (κ1) is 62.0. The number of ether oxygens (including phenoxy) is 1. The van der Waals surface area contributed by atoms with Gasteiger partial charge in [-0.2, -0.15) is 0 Å². The van der Waals surface area contributed by atoms with Crippen LogP contribution in [0.1, 0.15) is 202 Å². The Morgan fingerprint density at radius 3 is 1.47 bits per heavy atom. The molecule has 49 heavy (non-hydrogen) atoms. The summed E-state index contributed by atoms with van der Waals surface area (Å²) < 4.78 is 5.79. The van der Waals surface area contributed by atoms with Gasteiger partial charge in [0, 0.05) is 0 Å². The Balaban J connectivity index is -0.000000167. The van der Waals surface area contributed by atoms with E-state index in [0.29, 0.717) is 24.3 Å². The highest BCUT2D eigenvalue weighted by molar-refractivity contribution is 6.75. The second-order valence-electron chi connectivity index (χ2n) is 10.7. The van der Waals surface area contributed by atoms with Crippen molar-refractivity contribution in [3.05, 3.63) is 90.1 Å². The maximum absolute atomic E-state index is 5.79. The summed E-state index contributed by atoms with van der Waals surface area (Å²) in [4.78, 5) is 0. The van der Waals surface area contributed by atoms with Crippen LogP contribution in [0.5, 0.6) is 5.75 Å². The van der Waals surface area contributed by atoms with E-state index >= 15 is 0 Å². The first-order valence-corrected chi connectivity index (χ1v) is 20.8. The predicted octanol–water partition coefficient (Wildman–Crippen LogP) is 17.9. The quantitative estimate of drug-likeness (QED) is 0.128. The molecule has 1 aliphatic carbocycles. The van der Waals surface area contributed by atoms with Crippen molar-refractivity contribution >= 4 is 6.71 Å². The standard InChI is InChI=1S/C29H41BO.2C3H8.6C2H6/c1-9-11-14-22(5)31-28-19-17-26(18-20-28)23(6)24(7)30(27-15-12-13-16-27)25(8)29(10-2)21(3)4;2*1-3-2;6*1-2/h9,11,14,17-21,23,27H,1,5,7,10,12-13,15-16H2,2-4,6,8H3;2*3H2,1-2H3;6*1-2H3/b14-11-,29-25+;;;;;;;;. The lowest BCUT2D eigenvalue weighted by molar-refractivity contribution is 0.447. The van der Waals surface area contributed by atoms with E-state index in [9.17, 15) is 0 Å². The van der Waals surface area contributed by atoms with Crippen molar-refractivity contribution in [2.75, 3.05) is 0 Å². The molecule has 1 aromatic carbocycles. The molecule has 0 radical (unpaired) electrons. The summed E-state index contributed by atoms with van der Waals surface area (Å²) >= 11 is 0. The van der Waals surface area contributed by atoms with Crippen LogP contribution in [0, 0.1) is 5.92 Å². The molecule has 1 fully saturated rings. The van der Waals surface area contributed by atoms with E-state index in [1.807, 2.05) is 107 Å². The van der Waals surface area contributed by atoms with Gasteiger partial charge in [-0.25, -0.2) is 0 Å². The minimum Gasteiger partial charge on any atom is -0.458 e. The zero-order valence-electron chi connectivity index (χ0n) is 37.8. The molecule has 1 aliphatic rings. The van der Waals surface area contributed by atoms with Crippen LogP contribution >= 0.6 is 0 Å². The summed E-state index contributed by atoms with van der Waals surface area (Å²) in [6.07, 6.45) is 14.4. The Morgan fingerprint density at radius 1 is 0.755 bits per heavy atom. The Hall–Kier alpha value is -2.22. The lowest BCUT2D eigenvalue weighted by atomic mass is 9.30. The van der Waals surface area contributed by atoms with Crippen molar-refractivity contribution in [1.29, 1.82) is 0 Å². The molecule has 0 spiro atoms. The first-order chi connectivity index (χ1) is 23.6. The molecule has 1 aromatic rings. The second kappa shape index (κ2) is 50.2. The molecule has 0 heterocycles. The van der Waals surface area contributed by atoms with Crippen LogP contribution in [-0.2, 0) is 0 Å². The zero-order valence-corrected chi connectivity index (χ0v) is 37.8. The molecule has 1 unspecified atom stereocenters. The Labute approximate surface area is 314 Å². The number of hydrogen-bond donors (Lipinski definition) is 0. The number of benzene rings is 1. The summed E-state index contributed by atoms with van der Waals surface area (Å²) in [6.45, 7) is 56.9. The van der Waals surface area contributed by atoms with E-state index in [1.54, 1.807) is 17.1 Å². The molecular formula is C47H93BO. The topological polar surface area (TPSA) is 9.23 Å². The van der Waals surface area contributed by atoms with E-state index in [2.05, 4.69) is 94.2 Å². The fourth-order valence-electron chi connectivity index (χ4n) is 5.24. The van der Waals surface area contributed by atoms with Gasteiger partial charge in [0.25, 0.3) is 0 Å². The van der Waals surface area contributed by atoms with E-state index in [0.717, 1.165) is 18.0 Å². The molecule has 0 aliphatic heterocycles. The monoisotopic (exact) mass is 685 g/mol. The van der Waals surface area contributed by atoms with Crippen molar-refractivity contribution in [3.8, 4) is 5.75 Å². The van der Waals surface area contributed by atoms with Crippen molar-refractivity contribution in [1.82, 2.24) is 0 Å². The van der Waals surface area contributed by atoms with E-state index in [1.165, 1.54) is 49.6 Å². The molecule has 1 atom stereocenters. The third-order valence-electron chi connectivity index (χ3n) is 6.92. The van der Waals surface area contributed by atoms with E-state index in [4.69, 9.17) is 4.74 Å². The average molecular weight is 685 g/mol. The highest BCUT2D eigenvalue weighted by Crippen LogP contribution is 2.42. The molecule has 2 heteroatoms. The van der Waals surface area contributed by atoms with Gasteiger partial charge in [0.05, 0.1) is 0 Å². The van der Waals surface area contributed by atoms with Crippen LogP contribution in [0.4, 0.5) is 0 Å². The van der Waals surface area contributed by atoms with Gasteiger partial charge in [-0.05, 0) is 42.0 Å². The van der Waals surface area contributed by atoms with Crippen molar-refractivity contribution < 1.29 is 4.74 Å². The summed E-state index contributed by atoms with van der Waals surface area (Å²) in [5, 5.41) is 0. The van der Waals surface area contributed by atoms with Crippen LogP contribution < -0.4 is 4.74 Å². The van der Waals surface area contributed by atoms with Crippen molar-refractivity contribution in [2.45, 2.75) is 202 Å². The second-order valence-corrected chi connectivity index (χ2v) is 10.7. The normalized spacial score (nSPS) is 11.8. The van der Waals surface area contributed by atoms with Gasteiger partial charge >= 0.3 is 0 Å². The van der Waals surface area contributed by atoms with Crippen LogP contribution in [0.3, 0.4) is 0 Å².